The molecule has 2 aliphatic rings. The molecule has 0 bridgehead atoms. The fraction of sp³-hybridized carbons (Fsp3) is 0.400. The van der Waals surface area contributed by atoms with Crippen LogP contribution in [0.25, 0.3) is 11.1 Å². The highest BCUT2D eigenvalue weighted by Crippen LogP contribution is 2.52. The lowest BCUT2D eigenvalue weighted by atomic mass is 9.92. The van der Waals surface area contributed by atoms with Gasteiger partial charge in [0, 0.05) is 18.2 Å². The van der Waals surface area contributed by atoms with E-state index >= 15 is 0 Å². The van der Waals surface area contributed by atoms with Crippen LogP contribution in [0.2, 0.25) is 0 Å². The summed E-state index contributed by atoms with van der Waals surface area (Å²) in [4.78, 5) is 2.29. The summed E-state index contributed by atoms with van der Waals surface area (Å²) in [5.41, 5.74) is 4.36. The smallest absolute Gasteiger partial charge is 0.231 e. The van der Waals surface area contributed by atoms with Gasteiger partial charge in [-0.3, -0.25) is 4.90 Å². The molecule has 6 nitrogen and oxygen atoms in total. The molecule has 6 heteroatoms. The van der Waals surface area contributed by atoms with Crippen LogP contribution in [0.4, 0.5) is 0 Å². The van der Waals surface area contributed by atoms with Crippen LogP contribution in [0, 0.1) is 0 Å². The summed E-state index contributed by atoms with van der Waals surface area (Å²) in [5, 5.41) is 0. The zero-order valence-electron chi connectivity index (χ0n) is 15.7. The van der Waals surface area contributed by atoms with Crippen molar-refractivity contribution in [3.05, 3.63) is 29.3 Å². The third kappa shape index (κ3) is 2.36. The number of nitrogens with zero attached hydrogens (tertiary/aromatic N) is 1. The van der Waals surface area contributed by atoms with Crippen molar-refractivity contribution in [2.45, 2.75) is 19.5 Å². The number of ether oxygens (including phenoxy) is 5. The summed E-state index contributed by atoms with van der Waals surface area (Å²) in [5.74, 6) is 3.46. The normalized spacial score (nSPS) is 18.0. The summed E-state index contributed by atoms with van der Waals surface area (Å²) in [6, 6.07) is 6.35. The minimum absolute atomic E-state index is 0.202. The zero-order chi connectivity index (χ0) is 18.4. The maximum Gasteiger partial charge on any atom is 0.231 e. The fourth-order valence-corrected chi connectivity index (χ4v) is 3.79. The van der Waals surface area contributed by atoms with Gasteiger partial charge in [-0.25, -0.2) is 0 Å². The first-order chi connectivity index (χ1) is 12.6. The largest absolute Gasteiger partial charge is 0.493 e. The van der Waals surface area contributed by atoms with Crippen LogP contribution in [0.1, 0.15) is 24.1 Å². The molecular formula is C20H23NO5. The van der Waals surface area contributed by atoms with Crippen molar-refractivity contribution in [2.24, 2.45) is 0 Å². The molecule has 0 aromatic heterocycles. The van der Waals surface area contributed by atoms with Gasteiger partial charge in [0.25, 0.3) is 0 Å². The molecule has 0 saturated heterocycles. The molecule has 26 heavy (non-hydrogen) atoms. The molecule has 0 saturated carbocycles. The second-order valence-electron chi connectivity index (χ2n) is 6.56. The molecule has 1 atom stereocenters. The molecule has 0 spiro atoms. The average molecular weight is 357 g/mol. The molecule has 138 valence electrons. The van der Waals surface area contributed by atoms with Crippen molar-refractivity contribution >= 4 is 0 Å². The lowest BCUT2D eigenvalue weighted by molar-refractivity contribution is 0.173. The van der Waals surface area contributed by atoms with Gasteiger partial charge < -0.3 is 23.7 Å². The van der Waals surface area contributed by atoms with E-state index in [2.05, 4.69) is 24.9 Å². The van der Waals surface area contributed by atoms with Crippen LogP contribution in [0.3, 0.4) is 0 Å². The molecule has 0 fully saturated rings. The Hall–Kier alpha value is -2.60. The standard InChI is InChI=1S/C20H23NO5/c1-11-13-7-15-16(26-10-25-15)8-14(13)18-12(9-21(11)2)6-17(22-3)19(23-4)20(18)24-5/h6-8,11H,9-10H2,1-5H3/t11-/m1/s1. The van der Waals surface area contributed by atoms with Crippen molar-refractivity contribution in [1.82, 2.24) is 4.90 Å². The number of hydrogen-bond donors (Lipinski definition) is 0. The van der Waals surface area contributed by atoms with Gasteiger partial charge in [0.15, 0.2) is 23.0 Å². The molecule has 2 heterocycles. The highest BCUT2D eigenvalue weighted by Gasteiger charge is 2.31. The van der Waals surface area contributed by atoms with E-state index in [0.29, 0.717) is 17.2 Å². The van der Waals surface area contributed by atoms with Crippen LogP contribution in [0.5, 0.6) is 28.7 Å². The second-order valence-corrected chi connectivity index (χ2v) is 6.56. The van der Waals surface area contributed by atoms with Gasteiger partial charge in [-0.1, -0.05) is 0 Å². The van der Waals surface area contributed by atoms with Crippen LogP contribution < -0.4 is 23.7 Å². The maximum absolute atomic E-state index is 5.78. The van der Waals surface area contributed by atoms with Crippen LogP contribution in [0.15, 0.2) is 18.2 Å². The average Bonchev–Trinajstić information content (AvgIpc) is 3.08. The van der Waals surface area contributed by atoms with E-state index in [9.17, 15) is 0 Å². The van der Waals surface area contributed by atoms with Crippen LogP contribution >= 0.6 is 0 Å². The van der Waals surface area contributed by atoms with Gasteiger partial charge in [0.05, 0.1) is 21.3 Å². The molecular weight excluding hydrogens is 334 g/mol. The van der Waals surface area contributed by atoms with E-state index in [1.807, 2.05) is 12.1 Å². The fourth-order valence-electron chi connectivity index (χ4n) is 3.79. The molecule has 0 radical (unpaired) electrons. The van der Waals surface area contributed by atoms with Crippen LogP contribution in [-0.2, 0) is 6.54 Å². The maximum atomic E-state index is 5.78. The van der Waals surface area contributed by atoms with Crippen molar-refractivity contribution in [3.8, 4) is 39.9 Å². The Morgan fingerprint density at radius 2 is 1.65 bits per heavy atom. The summed E-state index contributed by atoms with van der Waals surface area (Å²) in [7, 11) is 7.02. The number of hydrogen-bond acceptors (Lipinski definition) is 6. The van der Waals surface area contributed by atoms with Gasteiger partial charge in [-0.05, 0) is 48.9 Å². The first kappa shape index (κ1) is 16.8. The Morgan fingerprint density at radius 3 is 2.31 bits per heavy atom. The van der Waals surface area contributed by atoms with Gasteiger partial charge in [-0.2, -0.15) is 0 Å². The summed E-state index contributed by atoms with van der Waals surface area (Å²) >= 11 is 0. The third-order valence-electron chi connectivity index (χ3n) is 5.26. The molecule has 0 N–H and O–H groups in total. The Labute approximate surface area is 153 Å². The number of fused-ring (bicyclic) bond motifs is 4. The Balaban J connectivity index is 2.07. The monoisotopic (exact) mass is 357 g/mol. The topological polar surface area (TPSA) is 49.4 Å². The van der Waals surface area contributed by atoms with E-state index in [4.69, 9.17) is 23.7 Å². The number of benzene rings is 2. The summed E-state index contributed by atoms with van der Waals surface area (Å²) in [6.07, 6.45) is 0. The molecule has 4 rings (SSSR count). The second kappa shape index (κ2) is 6.29. The first-order valence-electron chi connectivity index (χ1n) is 8.55. The lowest BCUT2D eigenvalue weighted by Crippen LogP contribution is -2.20. The predicted octanol–water partition coefficient (Wildman–Crippen LogP) is 3.61. The Morgan fingerprint density at radius 1 is 0.962 bits per heavy atom. The lowest BCUT2D eigenvalue weighted by Gasteiger charge is -2.23. The Kier molecular flexibility index (Phi) is 4.07. The van der Waals surface area contributed by atoms with E-state index in [1.54, 1.807) is 21.3 Å². The number of methoxy groups -OCH3 is 3. The van der Waals surface area contributed by atoms with Crippen molar-refractivity contribution in [2.75, 3.05) is 35.2 Å². The molecule has 2 aromatic carbocycles. The quantitative estimate of drug-likeness (QED) is 0.836. The number of rotatable bonds is 3. The predicted molar refractivity (Wildman–Crippen MR) is 97.5 cm³/mol. The minimum atomic E-state index is 0.202. The van der Waals surface area contributed by atoms with Crippen molar-refractivity contribution in [3.63, 3.8) is 0 Å². The highest BCUT2D eigenvalue weighted by molar-refractivity contribution is 5.84. The first-order valence-corrected chi connectivity index (χ1v) is 8.55. The van der Waals surface area contributed by atoms with E-state index < -0.39 is 0 Å². The molecule has 0 amide bonds. The van der Waals surface area contributed by atoms with Crippen molar-refractivity contribution in [1.29, 1.82) is 0 Å². The van der Waals surface area contributed by atoms with Crippen molar-refractivity contribution < 1.29 is 23.7 Å². The molecule has 0 unspecified atom stereocenters. The Bertz CT molecular complexity index is 864. The summed E-state index contributed by atoms with van der Waals surface area (Å²) < 4.78 is 28.2. The van der Waals surface area contributed by atoms with Gasteiger partial charge in [-0.15, -0.1) is 0 Å². The van der Waals surface area contributed by atoms with E-state index in [0.717, 1.165) is 34.7 Å². The zero-order valence-corrected chi connectivity index (χ0v) is 15.7. The van der Waals surface area contributed by atoms with Crippen LogP contribution in [-0.4, -0.2) is 40.1 Å². The SMILES string of the molecule is COc1cc2c(c(OC)c1OC)-c1cc3c(cc1[C@@H](C)N(C)C2)OCO3. The van der Waals surface area contributed by atoms with Gasteiger partial charge in [0.2, 0.25) is 12.5 Å². The minimum Gasteiger partial charge on any atom is -0.493 e. The molecule has 0 aliphatic carbocycles. The summed E-state index contributed by atoms with van der Waals surface area (Å²) in [6.45, 7) is 3.19. The van der Waals surface area contributed by atoms with E-state index in [-0.39, 0.29) is 12.8 Å². The third-order valence-corrected chi connectivity index (χ3v) is 5.26. The van der Waals surface area contributed by atoms with Gasteiger partial charge in [0.1, 0.15) is 0 Å². The van der Waals surface area contributed by atoms with E-state index in [1.165, 1.54) is 5.56 Å². The molecule has 2 aliphatic heterocycles. The molecule has 2 aromatic rings. The highest BCUT2D eigenvalue weighted by atomic mass is 16.7. The van der Waals surface area contributed by atoms with Gasteiger partial charge >= 0.3 is 0 Å².